The third-order valence-electron chi connectivity index (χ3n) is 4.58. The van der Waals surface area contributed by atoms with Crippen molar-refractivity contribution in [3.8, 4) is 0 Å². The first-order valence-electron chi connectivity index (χ1n) is 7.18. The van der Waals surface area contributed by atoms with Crippen LogP contribution in [-0.2, 0) is 9.53 Å². The lowest BCUT2D eigenvalue weighted by molar-refractivity contribution is -0.180. The molecule has 1 fully saturated rings. The predicted molar refractivity (Wildman–Crippen MR) is 72.4 cm³/mol. The van der Waals surface area contributed by atoms with Crippen LogP contribution in [0.5, 0.6) is 0 Å². The highest BCUT2D eigenvalue weighted by atomic mass is 16.5. The highest BCUT2D eigenvalue weighted by Crippen LogP contribution is 2.44. The van der Waals surface area contributed by atoms with E-state index in [4.69, 9.17) is 4.74 Å². The van der Waals surface area contributed by atoms with E-state index in [0.717, 1.165) is 12.8 Å². The van der Waals surface area contributed by atoms with Gasteiger partial charge in [0.2, 0.25) is 0 Å². The van der Waals surface area contributed by atoms with Crippen LogP contribution in [0.1, 0.15) is 60.3 Å². The van der Waals surface area contributed by atoms with Gasteiger partial charge in [0, 0.05) is 12.8 Å². The minimum Gasteiger partial charge on any atom is -0.391 e. The highest BCUT2D eigenvalue weighted by molar-refractivity contribution is 5.78. The molecule has 1 aliphatic rings. The number of aliphatic hydroxyl groups excluding tert-OH is 1. The van der Waals surface area contributed by atoms with Gasteiger partial charge in [0.05, 0.1) is 18.3 Å². The van der Waals surface area contributed by atoms with Gasteiger partial charge in [-0.25, -0.2) is 0 Å². The molecule has 3 heteroatoms. The number of Topliss-reactive ketones (excluding diaryl/α,β-unsaturated/α-hetero) is 1. The Balaban J connectivity index is 2.85. The fourth-order valence-corrected chi connectivity index (χ4v) is 2.95. The molecule has 0 saturated carbocycles. The quantitative estimate of drug-likeness (QED) is 0.822. The van der Waals surface area contributed by atoms with Gasteiger partial charge in [-0.15, -0.1) is 0 Å². The Labute approximate surface area is 111 Å². The second-order valence-corrected chi connectivity index (χ2v) is 6.16. The molecular formula is C15H28O3. The van der Waals surface area contributed by atoms with Crippen LogP contribution in [0.15, 0.2) is 0 Å². The van der Waals surface area contributed by atoms with E-state index in [1.54, 1.807) is 6.92 Å². The van der Waals surface area contributed by atoms with Crippen molar-refractivity contribution in [3.05, 3.63) is 0 Å². The van der Waals surface area contributed by atoms with Crippen LogP contribution >= 0.6 is 0 Å². The van der Waals surface area contributed by atoms with E-state index >= 15 is 0 Å². The second-order valence-electron chi connectivity index (χ2n) is 6.16. The fraction of sp³-hybridized carbons (Fsp3) is 0.933. The SMILES string of the molecule is CCC(=O)CC1OC(C(C)O)CC(CC)C1(C)C. The molecule has 1 N–H and O–H groups in total. The summed E-state index contributed by atoms with van der Waals surface area (Å²) >= 11 is 0. The molecule has 18 heavy (non-hydrogen) atoms. The lowest BCUT2D eigenvalue weighted by Crippen LogP contribution is -2.50. The van der Waals surface area contributed by atoms with Crippen molar-refractivity contribution >= 4 is 5.78 Å². The number of aliphatic hydroxyl groups is 1. The summed E-state index contributed by atoms with van der Waals surface area (Å²) in [5, 5.41) is 9.76. The average molecular weight is 256 g/mol. The van der Waals surface area contributed by atoms with Crippen LogP contribution in [0.4, 0.5) is 0 Å². The smallest absolute Gasteiger partial charge is 0.135 e. The van der Waals surface area contributed by atoms with Crippen molar-refractivity contribution in [2.45, 2.75) is 78.6 Å². The van der Waals surface area contributed by atoms with E-state index in [9.17, 15) is 9.90 Å². The molecule has 1 heterocycles. The molecule has 0 spiro atoms. The first-order chi connectivity index (χ1) is 8.32. The summed E-state index contributed by atoms with van der Waals surface area (Å²) in [7, 11) is 0. The maximum atomic E-state index is 11.7. The van der Waals surface area contributed by atoms with Crippen molar-refractivity contribution in [1.82, 2.24) is 0 Å². The van der Waals surface area contributed by atoms with Crippen molar-refractivity contribution < 1.29 is 14.6 Å². The molecule has 0 bridgehead atoms. The maximum Gasteiger partial charge on any atom is 0.135 e. The van der Waals surface area contributed by atoms with Crippen LogP contribution in [0, 0.1) is 11.3 Å². The first-order valence-corrected chi connectivity index (χ1v) is 7.18. The van der Waals surface area contributed by atoms with Gasteiger partial charge in [0.1, 0.15) is 5.78 Å². The van der Waals surface area contributed by atoms with Gasteiger partial charge in [0.25, 0.3) is 0 Å². The molecule has 4 unspecified atom stereocenters. The molecule has 0 aromatic carbocycles. The zero-order valence-corrected chi connectivity index (χ0v) is 12.4. The third kappa shape index (κ3) is 3.33. The van der Waals surface area contributed by atoms with Gasteiger partial charge < -0.3 is 9.84 Å². The number of carbonyl (C=O) groups excluding carboxylic acids is 1. The Bertz CT molecular complexity index is 283. The van der Waals surface area contributed by atoms with Gasteiger partial charge in [-0.05, 0) is 24.7 Å². The molecule has 1 saturated heterocycles. The number of carbonyl (C=O) groups is 1. The zero-order valence-electron chi connectivity index (χ0n) is 12.4. The summed E-state index contributed by atoms with van der Waals surface area (Å²) in [5.74, 6) is 0.745. The molecule has 0 radical (unpaired) electrons. The van der Waals surface area contributed by atoms with Gasteiger partial charge >= 0.3 is 0 Å². The van der Waals surface area contributed by atoms with Crippen molar-refractivity contribution in [3.63, 3.8) is 0 Å². The van der Waals surface area contributed by atoms with Crippen LogP contribution < -0.4 is 0 Å². The highest BCUT2D eigenvalue weighted by Gasteiger charge is 2.45. The molecule has 4 atom stereocenters. The summed E-state index contributed by atoms with van der Waals surface area (Å²) in [6, 6.07) is 0. The number of ketones is 1. The largest absolute Gasteiger partial charge is 0.391 e. The standard InChI is InChI=1S/C15H28O3/c1-6-11-8-13(10(3)16)18-14(15(11,4)5)9-12(17)7-2/h10-11,13-14,16H,6-9H2,1-5H3. The average Bonchev–Trinajstić information content (AvgIpc) is 2.30. The third-order valence-corrected chi connectivity index (χ3v) is 4.58. The van der Waals surface area contributed by atoms with E-state index in [2.05, 4.69) is 20.8 Å². The second kappa shape index (κ2) is 6.16. The summed E-state index contributed by atoms with van der Waals surface area (Å²) in [5.41, 5.74) is 0.00493. The minimum atomic E-state index is -0.464. The fourth-order valence-electron chi connectivity index (χ4n) is 2.95. The van der Waals surface area contributed by atoms with Crippen LogP contribution in [0.3, 0.4) is 0 Å². The summed E-state index contributed by atoms with van der Waals surface area (Å²) in [6.45, 7) is 10.2. The number of ether oxygens (including phenoxy) is 1. The molecule has 0 amide bonds. The van der Waals surface area contributed by atoms with E-state index in [0.29, 0.717) is 18.8 Å². The van der Waals surface area contributed by atoms with Gasteiger partial charge in [-0.2, -0.15) is 0 Å². The van der Waals surface area contributed by atoms with Gasteiger partial charge in [0.15, 0.2) is 0 Å². The molecule has 106 valence electrons. The molecular weight excluding hydrogens is 228 g/mol. The Hall–Kier alpha value is -0.410. The molecule has 0 aliphatic carbocycles. The summed E-state index contributed by atoms with van der Waals surface area (Å²) in [6.07, 6.45) is 2.33. The van der Waals surface area contributed by atoms with Crippen LogP contribution in [-0.4, -0.2) is 29.2 Å². The monoisotopic (exact) mass is 256 g/mol. The predicted octanol–water partition coefficient (Wildman–Crippen LogP) is 2.95. The molecule has 0 aromatic rings. The normalized spacial score (nSPS) is 33.1. The Kier molecular flexibility index (Phi) is 5.35. The molecule has 3 nitrogen and oxygen atoms in total. The Morgan fingerprint density at radius 1 is 1.44 bits per heavy atom. The van der Waals surface area contributed by atoms with Gasteiger partial charge in [-0.3, -0.25) is 4.79 Å². The maximum absolute atomic E-state index is 11.7. The lowest BCUT2D eigenvalue weighted by Gasteiger charge is -2.48. The lowest BCUT2D eigenvalue weighted by atomic mass is 9.67. The van der Waals surface area contributed by atoms with Gasteiger partial charge in [-0.1, -0.05) is 34.1 Å². The van der Waals surface area contributed by atoms with E-state index in [-0.39, 0.29) is 23.4 Å². The Morgan fingerprint density at radius 3 is 2.50 bits per heavy atom. The van der Waals surface area contributed by atoms with Crippen molar-refractivity contribution in [1.29, 1.82) is 0 Å². The Morgan fingerprint density at radius 2 is 2.06 bits per heavy atom. The number of hydrogen-bond acceptors (Lipinski definition) is 3. The first kappa shape index (κ1) is 15.6. The van der Waals surface area contributed by atoms with Crippen molar-refractivity contribution in [2.75, 3.05) is 0 Å². The van der Waals surface area contributed by atoms with Crippen LogP contribution in [0.25, 0.3) is 0 Å². The minimum absolute atomic E-state index is 0.00493. The van der Waals surface area contributed by atoms with E-state index < -0.39 is 6.10 Å². The van der Waals surface area contributed by atoms with E-state index in [1.165, 1.54) is 0 Å². The topological polar surface area (TPSA) is 46.5 Å². The van der Waals surface area contributed by atoms with Crippen LogP contribution in [0.2, 0.25) is 0 Å². The number of hydrogen-bond donors (Lipinski definition) is 1. The molecule has 1 aliphatic heterocycles. The summed E-state index contributed by atoms with van der Waals surface area (Å²) < 4.78 is 6.00. The van der Waals surface area contributed by atoms with Crippen molar-refractivity contribution in [2.24, 2.45) is 11.3 Å². The molecule has 1 rings (SSSR count). The van der Waals surface area contributed by atoms with E-state index in [1.807, 2.05) is 6.92 Å². The zero-order chi connectivity index (χ0) is 13.9. The summed E-state index contributed by atoms with van der Waals surface area (Å²) in [4.78, 5) is 11.7. The molecule has 0 aromatic heterocycles. The number of rotatable bonds is 5.